The van der Waals surface area contributed by atoms with E-state index in [1.807, 2.05) is 0 Å². The van der Waals surface area contributed by atoms with Crippen molar-refractivity contribution in [3.05, 3.63) is 119 Å². The lowest BCUT2D eigenvalue weighted by Crippen LogP contribution is -2.64. The van der Waals surface area contributed by atoms with Crippen LogP contribution in [0.3, 0.4) is 0 Å². The molecule has 0 spiro atoms. The molecule has 0 aliphatic carbocycles. The summed E-state index contributed by atoms with van der Waals surface area (Å²) >= 11 is 0. The van der Waals surface area contributed by atoms with E-state index in [0.717, 1.165) is 0 Å². The number of benzene rings is 5. The second-order valence-electron chi connectivity index (χ2n) is 24.2. The van der Waals surface area contributed by atoms with Gasteiger partial charge in [0.05, 0.1) is 27.9 Å². The lowest BCUT2D eigenvalue weighted by Gasteiger charge is -2.48. The number of rotatable bonds is 1. The van der Waals surface area contributed by atoms with Crippen LogP contribution in [0.2, 0.25) is 0 Å². The number of nitrogens with zero attached hydrogens (tertiary/aromatic N) is 4. The van der Waals surface area contributed by atoms with E-state index in [2.05, 4.69) is 216 Å². The smallest absolute Gasteiger partial charge is 0.275 e. The maximum Gasteiger partial charge on any atom is 0.275 e. The van der Waals surface area contributed by atoms with Gasteiger partial charge < -0.3 is 14.2 Å². The molecule has 0 fully saturated rings. The number of pyridine rings is 1. The molecule has 5 heteroatoms. The summed E-state index contributed by atoms with van der Waals surface area (Å²) in [6.45, 7) is 37.9. The SMILES string of the molecule is CC(C)(C)c1ccc(N2c3ccc(C(C)(C)C)cc3B3c4nccc5c4N(c4c3c2c2c3cc(C(C)(C)C)ccc3n3c6ccc(C(C)(C)C)cc6c4c23)C(C)(C)C5(C)C)cc1. The molecular weight excluding hydrogens is 751 g/mol. The summed E-state index contributed by atoms with van der Waals surface area (Å²) in [6.07, 6.45) is 2.11. The van der Waals surface area contributed by atoms with Gasteiger partial charge in [0, 0.05) is 61.4 Å². The Hall–Kier alpha value is -5.29. The zero-order valence-electron chi connectivity index (χ0n) is 40.0. The molecule has 0 bridgehead atoms. The Morgan fingerprint density at radius 2 is 1.03 bits per heavy atom. The molecule has 8 aromatic rings. The molecule has 0 amide bonds. The van der Waals surface area contributed by atoms with E-state index in [4.69, 9.17) is 4.98 Å². The van der Waals surface area contributed by atoms with Gasteiger partial charge in [-0.25, -0.2) is 0 Å². The van der Waals surface area contributed by atoms with Gasteiger partial charge in [0.25, 0.3) is 6.71 Å². The highest BCUT2D eigenvalue weighted by atomic mass is 15.3. The fourth-order valence-corrected chi connectivity index (χ4v) is 11.5. The third-order valence-corrected chi connectivity index (χ3v) is 15.8. The molecule has 5 aromatic carbocycles. The Balaban J connectivity index is 1.43. The van der Waals surface area contributed by atoms with Crippen LogP contribution in [0.1, 0.15) is 139 Å². The Morgan fingerprint density at radius 1 is 0.532 bits per heavy atom. The molecule has 0 saturated heterocycles. The summed E-state index contributed by atoms with van der Waals surface area (Å²) in [4.78, 5) is 11.0. The van der Waals surface area contributed by atoms with Crippen molar-refractivity contribution >= 4 is 89.8 Å². The van der Waals surface area contributed by atoms with E-state index in [0.29, 0.717) is 0 Å². The third-order valence-electron chi connectivity index (χ3n) is 15.8. The lowest BCUT2D eigenvalue weighted by atomic mass is 9.34. The fraction of sp³-hybridized carbons (Fsp3) is 0.386. The normalized spacial score (nSPS) is 16.9. The van der Waals surface area contributed by atoms with Crippen molar-refractivity contribution in [2.45, 2.75) is 143 Å². The molecule has 0 radical (unpaired) electrons. The zero-order valence-corrected chi connectivity index (χ0v) is 40.0. The first-order valence-electron chi connectivity index (χ1n) is 23.0. The summed E-state index contributed by atoms with van der Waals surface area (Å²) in [5.41, 5.74) is 20.4. The zero-order chi connectivity index (χ0) is 44.2. The highest BCUT2D eigenvalue weighted by Gasteiger charge is 2.58. The highest BCUT2D eigenvalue weighted by Crippen LogP contribution is 2.60. The molecule has 3 aliphatic heterocycles. The van der Waals surface area contributed by atoms with E-state index < -0.39 is 0 Å². The topological polar surface area (TPSA) is 23.8 Å². The van der Waals surface area contributed by atoms with Crippen LogP contribution < -0.4 is 26.3 Å². The van der Waals surface area contributed by atoms with Crippen LogP contribution in [0.15, 0.2) is 91.1 Å². The first-order chi connectivity index (χ1) is 28.8. The van der Waals surface area contributed by atoms with Gasteiger partial charge in [0.15, 0.2) is 0 Å². The van der Waals surface area contributed by atoms with E-state index in [1.165, 1.54) is 111 Å². The molecule has 0 N–H and O–H groups in total. The predicted molar refractivity (Wildman–Crippen MR) is 269 cm³/mol. The van der Waals surface area contributed by atoms with Gasteiger partial charge in [-0.15, -0.1) is 0 Å². The van der Waals surface area contributed by atoms with Crippen LogP contribution in [0.5, 0.6) is 0 Å². The monoisotopic (exact) mass is 815 g/mol. The number of fused-ring (bicyclic) bond motifs is 12. The first kappa shape index (κ1) is 39.6. The van der Waals surface area contributed by atoms with Crippen LogP contribution in [0.25, 0.3) is 38.1 Å². The van der Waals surface area contributed by atoms with Crippen molar-refractivity contribution < 1.29 is 0 Å². The molecule has 62 heavy (non-hydrogen) atoms. The summed E-state index contributed by atoms with van der Waals surface area (Å²) in [7, 11) is 0. The second kappa shape index (κ2) is 11.8. The first-order valence-corrected chi connectivity index (χ1v) is 23.0. The van der Waals surface area contributed by atoms with E-state index >= 15 is 0 Å². The Bertz CT molecular complexity index is 3220. The maximum absolute atomic E-state index is 5.53. The minimum absolute atomic E-state index is 0.0139. The van der Waals surface area contributed by atoms with E-state index in [-0.39, 0.29) is 39.3 Å². The Kier molecular flexibility index (Phi) is 7.55. The van der Waals surface area contributed by atoms with Gasteiger partial charge >= 0.3 is 0 Å². The lowest BCUT2D eigenvalue weighted by molar-refractivity contribution is 0.331. The Labute approximate surface area is 369 Å². The summed E-state index contributed by atoms with van der Waals surface area (Å²) in [5, 5.41) is 5.35. The van der Waals surface area contributed by atoms with E-state index in [1.54, 1.807) is 0 Å². The van der Waals surface area contributed by atoms with Crippen molar-refractivity contribution in [3.8, 4) is 0 Å². The van der Waals surface area contributed by atoms with Gasteiger partial charge in [-0.1, -0.05) is 133 Å². The van der Waals surface area contributed by atoms with Crippen LogP contribution in [-0.2, 0) is 27.1 Å². The number of anilines is 5. The largest absolute Gasteiger partial charge is 0.334 e. The quantitative estimate of drug-likeness (QED) is 0.154. The molecular formula is C57H63BN4. The molecule has 6 heterocycles. The van der Waals surface area contributed by atoms with Crippen molar-refractivity contribution in [2.24, 2.45) is 0 Å². The van der Waals surface area contributed by atoms with Gasteiger partial charge in [-0.3, -0.25) is 4.98 Å². The molecule has 11 rings (SSSR count). The van der Waals surface area contributed by atoms with Crippen LogP contribution in [-0.4, -0.2) is 21.6 Å². The van der Waals surface area contributed by atoms with Gasteiger partial charge in [-0.05, 0) is 123 Å². The van der Waals surface area contributed by atoms with Gasteiger partial charge in [-0.2, -0.15) is 0 Å². The maximum atomic E-state index is 5.53. The van der Waals surface area contributed by atoms with Crippen molar-refractivity contribution in [2.75, 3.05) is 9.80 Å². The van der Waals surface area contributed by atoms with Crippen LogP contribution in [0.4, 0.5) is 28.4 Å². The van der Waals surface area contributed by atoms with Crippen LogP contribution >= 0.6 is 0 Å². The average molecular weight is 815 g/mol. The van der Waals surface area contributed by atoms with Crippen molar-refractivity contribution in [1.82, 2.24) is 9.38 Å². The van der Waals surface area contributed by atoms with Crippen molar-refractivity contribution in [3.63, 3.8) is 0 Å². The van der Waals surface area contributed by atoms with Crippen molar-refractivity contribution in [1.29, 1.82) is 0 Å². The van der Waals surface area contributed by atoms with Crippen LogP contribution in [0, 0.1) is 0 Å². The molecule has 4 nitrogen and oxygen atoms in total. The summed E-state index contributed by atoms with van der Waals surface area (Å²) in [5.74, 6) is 0. The molecule has 3 aliphatic rings. The summed E-state index contributed by atoms with van der Waals surface area (Å²) < 4.78 is 2.63. The molecule has 0 unspecified atom stereocenters. The number of hydrogen-bond acceptors (Lipinski definition) is 3. The summed E-state index contributed by atoms with van der Waals surface area (Å²) in [6, 6.07) is 33.8. The standard InChI is InChI=1S/C57H63BN4/c1-52(2,3)32-17-22-36(23-18-32)60-43-26-21-35(55(10,11)12)31-40(43)58-46-49(60)44-37-29-33(53(4,5)6)19-24-41(37)61-42-25-20-34(54(7,8)9)30-38(42)45(48(44)61)50(46)62-47-39(27-28-59-51(47)58)56(13,14)57(62,15)16/h17-31H,1-16H3. The molecule has 0 atom stereocenters. The Morgan fingerprint density at radius 3 is 1.58 bits per heavy atom. The minimum atomic E-state index is -0.274. The minimum Gasteiger partial charge on any atom is -0.334 e. The fourth-order valence-electron chi connectivity index (χ4n) is 11.5. The number of aromatic nitrogens is 2. The highest BCUT2D eigenvalue weighted by molar-refractivity contribution is 7.00. The van der Waals surface area contributed by atoms with Gasteiger partial charge in [0.1, 0.15) is 0 Å². The average Bonchev–Trinajstić information content (AvgIpc) is 3.75. The third kappa shape index (κ3) is 4.94. The molecule has 314 valence electrons. The molecule has 3 aromatic heterocycles. The van der Waals surface area contributed by atoms with E-state index in [9.17, 15) is 0 Å². The number of hydrogen-bond donors (Lipinski definition) is 0. The van der Waals surface area contributed by atoms with Gasteiger partial charge in [0.2, 0.25) is 0 Å². The molecule has 0 saturated carbocycles. The second-order valence-corrected chi connectivity index (χ2v) is 24.2. The predicted octanol–water partition coefficient (Wildman–Crippen LogP) is 13.2.